The van der Waals surface area contributed by atoms with Crippen LogP contribution in [0.3, 0.4) is 0 Å². The van der Waals surface area contributed by atoms with E-state index in [9.17, 15) is 8.42 Å². The van der Waals surface area contributed by atoms with Crippen LogP contribution in [0.2, 0.25) is 0 Å². The van der Waals surface area contributed by atoms with Gasteiger partial charge in [-0.2, -0.15) is 0 Å². The van der Waals surface area contributed by atoms with Crippen molar-refractivity contribution in [3.8, 4) is 0 Å². The van der Waals surface area contributed by atoms with Gasteiger partial charge in [0.2, 0.25) is 0 Å². The Morgan fingerprint density at radius 1 is 1.43 bits per heavy atom. The van der Waals surface area contributed by atoms with Gasteiger partial charge in [0.15, 0.2) is 15.8 Å². The summed E-state index contributed by atoms with van der Waals surface area (Å²) in [6.07, 6.45) is 0. The van der Waals surface area contributed by atoms with Crippen LogP contribution in [0.5, 0.6) is 0 Å². The summed E-state index contributed by atoms with van der Waals surface area (Å²) in [6.45, 7) is 8.72. The predicted molar refractivity (Wildman–Crippen MR) is 101 cm³/mol. The molecule has 0 amide bonds. The maximum Gasteiger partial charge on any atom is 0.193 e. The molecule has 23 heavy (non-hydrogen) atoms. The van der Waals surface area contributed by atoms with E-state index < -0.39 is 14.6 Å². The van der Waals surface area contributed by atoms with Crippen LogP contribution in [0.4, 0.5) is 0 Å². The van der Waals surface area contributed by atoms with Crippen molar-refractivity contribution >= 4 is 39.8 Å². The van der Waals surface area contributed by atoms with Crippen molar-refractivity contribution in [2.75, 3.05) is 25.9 Å². The van der Waals surface area contributed by atoms with E-state index in [2.05, 4.69) is 15.5 Å². The van der Waals surface area contributed by atoms with Gasteiger partial charge in [0.25, 0.3) is 0 Å². The quantitative estimate of drug-likeness (QED) is 0.412. The van der Waals surface area contributed by atoms with Gasteiger partial charge in [-0.3, -0.25) is 4.99 Å². The fourth-order valence-corrected chi connectivity index (χ4v) is 3.94. The average molecular weight is 456 g/mol. The summed E-state index contributed by atoms with van der Waals surface area (Å²) in [6, 6.07) is 0. The minimum absolute atomic E-state index is 0. The summed E-state index contributed by atoms with van der Waals surface area (Å²) < 4.78 is 28.5. The number of guanidine groups is 1. The molecule has 0 unspecified atom stereocenters. The third kappa shape index (κ3) is 4.17. The molecule has 0 atom stereocenters. The lowest BCUT2D eigenvalue weighted by molar-refractivity contribution is 0.353. The van der Waals surface area contributed by atoms with Crippen molar-refractivity contribution in [3.05, 3.63) is 17.0 Å². The van der Waals surface area contributed by atoms with Gasteiger partial charge in [0.1, 0.15) is 5.76 Å². The third-order valence-corrected chi connectivity index (χ3v) is 6.69. The van der Waals surface area contributed by atoms with Crippen LogP contribution in [0, 0.1) is 13.8 Å². The largest absolute Gasteiger partial charge is 0.361 e. The molecule has 1 fully saturated rings. The summed E-state index contributed by atoms with van der Waals surface area (Å²) in [5, 5.41) is 7.20. The van der Waals surface area contributed by atoms with Crippen molar-refractivity contribution in [1.29, 1.82) is 0 Å². The first-order valence-corrected chi connectivity index (χ1v) is 8.93. The molecule has 9 heteroatoms. The van der Waals surface area contributed by atoms with Gasteiger partial charge < -0.3 is 14.7 Å². The lowest BCUT2D eigenvalue weighted by atomic mass is 10.2. The molecule has 1 N–H and O–H groups in total. The Labute approximate surface area is 154 Å². The third-order valence-electron chi connectivity index (χ3n) is 4.16. The molecule has 0 saturated carbocycles. The Balaban J connectivity index is 0.00000264. The Hall–Kier alpha value is -0.840. The number of hydrogen-bond donors (Lipinski definition) is 1. The summed E-state index contributed by atoms with van der Waals surface area (Å²) >= 11 is 0. The van der Waals surface area contributed by atoms with E-state index in [4.69, 9.17) is 4.52 Å². The predicted octanol–water partition coefficient (Wildman–Crippen LogP) is 1.49. The van der Waals surface area contributed by atoms with Crippen LogP contribution in [0.15, 0.2) is 9.52 Å². The van der Waals surface area contributed by atoms with E-state index >= 15 is 0 Å². The zero-order chi connectivity index (χ0) is 16.5. The van der Waals surface area contributed by atoms with E-state index in [0.717, 1.165) is 17.0 Å². The molecule has 0 bridgehead atoms. The number of nitrogens with one attached hydrogen (secondary N) is 1. The molecule has 7 nitrogen and oxygen atoms in total. The second kappa shape index (κ2) is 7.37. The van der Waals surface area contributed by atoms with Gasteiger partial charge in [-0.15, -0.1) is 24.0 Å². The Morgan fingerprint density at radius 2 is 2.09 bits per heavy atom. The molecule has 1 aliphatic heterocycles. The first-order valence-electron chi connectivity index (χ1n) is 7.27. The van der Waals surface area contributed by atoms with Gasteiger partial charge in [-0.05, 0) is 27.7 Å². The van der Waals surface area contributed by atoms with Gasteiger partial charge in [0.05, 0.1) is 16.2 Å². The molecule has 0 spiro atoms. The van der Waals surface area contributed by atoms with E-state index in [1.54, 1.807) is 20.9 Å². The minimum atomic E-state index is -3.06. The SMILES string of the molecule is CN=C(NCc1c(C)noc1C)N1CCS(=O)(=O)C(C)(C)C1.I. The number of halogens is 1. The monoisotopic (exact) mass is 456 g/mol. The molecule has 2 rings (SSSR count). The number of nitrogens with zero attached hydrogens (tertiary/aromatic N) is 3. The summed E-state index contributed by atoms with van der Waals surface area (Å²) in [4.78, 5) is 6.25. The van der Waals surface area contributed by atoms with Crippen LogP contribution >= 0.6 is 24.0 Å². The Morgan fingerprint density at radius 3 is 2.57 bits per heavy atom. The molecule has 0 aromatic carbocycles. The van der Waals surface area contributed by atoms with Crippen LogP contribution in [0.25, 0.3) is 0 Å². The van der Waals surface area contributed by atoms with Gasteiger partial charge >= 0.3 is 0 Å². The highest BCUT2D eigenvalue weighted by molar-refractivity contribution is 14.0. The zero-order valence-electron chi connectivity index (χ0n) is 14.2. The van der Waals surface area contributed by atoms with Crippen LogP contribution < -0.4 is 5.32 Å². The summed E-state index contributed by atoms with van der Waals surface area (Å²) in [5.41, 5.74) is 1.85. The number of sulfone groups is 1. The Kier molecular flexibility index (Phi) is 6.47. The molecule has 1 saturated heterocycles. The highest BCUT2D eigenvalue weighted by Gasteiger charge is 2.40. The molecule has 2 heterocycles. The van der Waals surface area contributed by atoms with E-state index in [-0.39, 0.29) is 29.7 Å². The van der Waals surface area contributed by atoms with Crippen LogP contribution in [-0.2, 0) is 16.4 Å². The first-order chi connectivity index (χ1) is 10.2. The van der Waals surface area contributed by atoms with Gasteiger partial charge in [0, 0.05) is 32.2 Å². The van der Waals surface area contributed by atoms with Crippen LogP contribution in [0.1, 0.15) is 30.9 Å². The highest BCUT2D eigenvalue weighted by Crippen LogP contribution is 2.23. The zero-order valence-corrected chi connectivity index (χ0v) is 17.4. The minimum Gasteiger partial charge on any atom is -0.361 e. The standard InChI is InChI=1S/C14H24N4O3S.HI/c1-10-12(11(2)21-17-10)8-16-13(15-5)18-6-7-22(19,20)14(3,4)9-18;/h6-9H2,1-5H3,(H,15,16);1H. The number of aliphatic imine (C=N–C) groups is 1. The fourth-order valence-electron chi connectivity index (χ4n) is 2.58. The van der Waals surface area contributed by atoms with E-state index in [0.29, 0.717) is 25.6 Å². The molecule has 0 radical (unpaired) electrons. The van der Waals surface area contributed by atoms with Crippen molar-refractivity contribution in [2.24, 2.45) is 4.99 Å². The molecule has 1 aromatic heterocycles. The van der Waals surface area contributed by atoms with Crippen molar-refractivity contribution in [2.45, 2.75) is 39.0 Å². The normalized spacial score (nSPS) is 20.0. The second-order valence-corrected chi connectivity index (χ2v) is 8.95. The van der Waals surface area contributed by atoms with Crippen molar-refractivity contribution in [3.63, 3.8) is 0 Å². The molecule has 132 valence electrons. The molecule has 1 aliphatic rings. The maximum absolute atomic E-state index is 12.1. The summed E-state index contributed by atoms with van der Waals surface area (Å²) in [5.74, 6) is 1.62. The fraction of sp³-hybridized carbons (Fsp3) is 0.714. The summed E-state index contributed by atoms with van der Waals surface area (Å²) in [7, 11) is -1.36. The van der Waals surface area contributed by atoms with Gasteiger partial charge in [-0.25, -0.2) is 8.42 Å². The molecule has 1 aromatic rings. The van der Waals surface area contributed by atoms with E-state index in [1.165, 1.54) is 0 Å². The van der Waals surface area contributed by atoms with Crippen LogP contribution in [-0.4, -0.2) is 55.1 Å². The van der Waals surface area contributed by atoms with Crippen molar-refractivity contribution in [1.82, 2.24) is 15.4 Å². The number of hydrogen-bond acceptors (Lipinski definition) is 5. The second-order valence-electron chi connectivity index (χ2n) is 6.20. The molecular weight excluding hydrogens is 431 g/mol. The molecular formula is C14H25IN4O3S. The number of rotatable bonds is 2. The topological polar surface area (TPSA) is 87.8 Å². The lowest BCUT2D eigenvalue weighted by Crippen LogP contribution is -2.57. The number of aromatic nitrogens is 1. The smallest absolute Gasteiger partial charge is 0.193 e. The first kappa shape index (κ1) is 20.2. The lowest BCUT2D eigenvalue weighted by Gasteiger charge is -2.39. The molecule has 0 aliphatic carbocycles. The Bertz CT molecular complexity index is 663. The van der Waals surface area contributed by atoms with Gasteiger partial charge in [-0.1, -0.05) is 5.16 Å². The average Bonchev–Trinajstić information content (AvgIpc) is 2.74. The van der Waals surface area contributed by atoms with Crippen molar-refractivity contribution < 1.29 is 12.9 Å². The number of aryl methyl sites for hydroxylation is 2. The maximum atomic E-state index is 12.1. The van der Waals surface area contributed by atoms with E-state index in [1.807, 2.05) is 18.7 Å². The highest BCUT2D eigenvalue weighted by atomic mass is 127.